The molecule has 0 spiro atoms. The number of anilines is 1. The summed E-state index contributed by atoms with van der Waals surface area (Å²) in [6.45, 7) is 1.25. The van der Waals surface area contributed by atoms with Crippen molar-refractivity contribution in [3.8, 4) is 0 Å². The molecular formula is C8H8N2O3. The van der Waals surface area contributed by atoms with E-state index in [4.69, 9.17) is 10.8 Å². The quantitative estimate of drug-likeness (QED) is 0.648. The lowest BCUT2D eigenvalue weighted by Crippen LogP contribution is -2.10. The third kappa shape index (κ3) is 1.64. The Hall–Kier alpha value is -1.91. The largest absolute Gasteiger partial charge is 0.478 e. The summed E-state index contributed by atoms with van der Waals surface area (Å²) in [5.74, 6) is -1.63. The number of aromatic carboxylic acids is 1. The Morgan fingerprint density at radius 1 is 1.54 bits per heavy atom. The number of nitrogens with zero attached hydrogens (tertiary/aromatic N) is 1. The predicted molar refractivity (Wildman–Crippen MR) is 45.6 cm³/mol. The number of nitrogens with two attached hydrogens (primary N) is 1. The second-order valence-corrected chi connectivity index (χ2v) is 2.48. The molecule has 68 valence electrons. The molecule has 3 N–H and O–H groups in total. The van der Waals surface area contributed by atoms with Gasteiger partial charge in [-0.3, -0.25) is 4.79 Å². The van der Waals surface area contributed by atoms with Gasteiger partial charge in [-0.15, -0.1) is 0 Å². The van der Waals surface area contributed by atoms with Gasteiger partial charge in [-0.2, -0.15) is 0 Å². The topological polar surface area (TPSA) is 93.3 Å². The number of carbonyl (C=O) groups is 2. The van der Waals surface area contributed by atoms with Gasteiger partial charge < -0.3 is 10.8 Å². The molecule has 0 amide bonds. The molecule has 0 bridgehead atoms. The monoisotopic (exact) mass is 180 g/mol. The van der Waals surface area contributed by atoms with E-state index in [9.17, 15) is 9.59 Å². The first-order valence-electron chi connectivity index (χ1n) is 3.52. The van der Waals surface area contributed by atoms with Crippen molar-refractivity contribution in [1.82, 2.24) is 4.98 Å². The van der Waals surface area contributed by atoms with E-state index in [1.54, 1.807) is 0 Å². The van der Waals surface area contributed by atoms with Crippen LogP contribution in [0.15, 0.2) is 12.3 Å². The summed E-state index contributed by atoms with van der Waals surface area (Å²) in [5.41, 5.74) is 5.22. The first kappa shape index (κ1) is 9.18. The zero-order valence-corrected chi connectivity index (χ0v) is 6.94. The highest BCUT2D eigenvalue weighted by Gasteiger charge is 2.16. The third-order valence-electron chi connectivity index (χ3n) is 1.56. The zero-order valence-electron chi connectivity index (χ0n) is 6.94. The van der Waals surface area contributed by atoms with E-state index < -0.39 is 11.8 Å². The van der Waals surface area contributed by atoms with Crippen LogP contribution in [0.1, 0.15) is 27.6 Å². The summed E-state index contributed by atoms with van der Waals surface area (Å²) < 4.78 is 0. The van der Waals surface area contributed by atoms with Gasteiger partial charge >= 0.3 is 5.97 Å². The molecule has 1 aromatic rings. The van der Waals surface area contributed by atoms with Crippen LogP contribution < -0.4 is 5.73 Å². The van der Waals surface area contributed by atoms with Crippen LogP contribution in [-0.2, 0) is 0 Å². The normalized spacial score (nSPS) is 9.62. The standard InChI is InChI=1S/C8H8N2O3/c1-4(11)6-5(8(12)13)2-3-10-7(6)9/h2-3H,1H3,(H2,9,10)(H,12,13). The van der Waals surface area contributed by atoms with Crippen molar-refractivity contribution in [2.24, 2.45) is 0 Å². The number of carboxylic acids is 1. The summed E-state index contributed by atoms with van der Waals surface area (Å²) >= 11 is 0. The number of carbonyl (C=O) groups excluding carboxylic acids is 1. The number of carboxylic acid groups (broad SMARTS) is 1. The Bertz CT molecular complexity index is 374. The SMILES string of the molecule is CC(=O)c1c(C(=O)O)ccnc1N. The molecule has 0 saturated heterocycles. The zero-order chi connectivity index (χ0) is 10.0. The number of ketones is 1. The van der Waals surface area contributed by atoms with E-state index in [2.05, 4.69) is 4.98 Å². The van der Waals surface area contributed by atoms with Gasteiger partial charge in [0, 0.05) is 6.20 Å². The van der Waals surface area contributed by atoms with Crippen molar-refractivity contribution < 1.29 is 14.7 Å². The number of rotatable bonds is 2. The molecule has 1 heterocycles. The first-order valence-corrected chi connectivity index (χ1v) is 3.52. The fourth-order valence-electron chi connectivity index (χ4n) is 1.03. The van der Waals surface area contributed by atoms with E-state index >= 15 is 0 Å². The molecule has 0 aromatic carbocycles. The van der Waals surface area contributed by atoms with Crippen LogP contribution in [0.5, 0.6) is 0 Å². The first-order chi connectivity index (χ1) is 6.04. The molecule has 1 aromatic heterocycles. The van der Waals surface area contributed by atoms with Crippen molar-refractivity contribution >= 4 is 17.6 Å². The molecule has 0 saturated carbocycles. The number of hydrogen-bond donors (Lipinski definition) is 2. The second kappa shape index (κ2) is 3.22. The van der Waals surface area contributed by atoms with Crippen molar-refractivity contribution in [3.05, 3.63) is 23.4 Å². The average Bonchev–Trinajstić information content (AvgIpc) is 2.02. The summed E-state index contributed by atoms with van der Waals surface area (Å²) in [6.07, 6.45) is 1.26. The minimum atomic E-state index is -1.18. The van der Waals surface area contributed by atoms with Gasteiger partial charge in [0.2, 0.25) is 0 Å². The lowest BCUT2D eigenvalue weighted by Gasteiger charge is -2.03. The minimum Gasteiger partial charge on any atom is -0.478 e. The Kier molecular flexibility index (Phi) is 2.27. The van der Waals surface area contributed by atoms with E-state index in [0.717, 1.165) is 0 Å². The number of pyridine rings is 1. The molecular weight excluding hydrogens is 172 g/mol. The van der Waals surface area contributed by atoms with E-state index in [1.165, 1.54) is 19.2 Å². The van der Waals surface area contributed by atoms with Crippen LogP contribution in [0.25, 0.3) is 0 Å². The lowest BCUT2D eigenvalue weighted by molar-refractivity contribution is 0.0692. The fraction of sp³-hybridized carbons (Fsp3) is 0.125. The van der Waals surface area contributed by atoms with Crippen molar-refractivity contribution in [3.63, 3.8) is 0 Å². The number of nitrogen functional groups attached to an aromatic ring is 1. The summed E-state index contributed by atoms with van der Waals surface area (Å²) in [6, 6.07) is 1.25. The molecule has 0 unspecified atom stereocenters. The van der Waals surface area contributed by atoms with Gasteiger partial charge in [-0.25, -0.2) is 9.78 Å². The van der Waals surface area contributed by atoms with Gasteiger partial charge in [0.25, 0.3) is 0 Å². The van der Waals surface area contributed by atoms with Gasteiger partial charge in [0.1, 0.15) is 5.82 Å². The third-order valence-corrected chi connectivity index (χ3v) is 1.56. The van der Waals surface area contributed by atoms with Crippen molar-refractivity contribution in [2.45, 2.75) is 6.92 Å². The molecule has 0 atom stereocenters. The number of aromatic nitrogens is 1. The Balaban J connectivity index is 3.43. The van der Waals surface area contributed by atoms with E-state index in [-0.39, 0.29) is 16.9 Å². The maximum atomic E-state index is 11.0. The molecule has 0 aliphatic heterocycles. The number of hydrogen-bond acceptors (Lipinski definition) is 4. The fourth-order valence-corrected chi connectivity index (χ4v) is 1.03. The van der Waals surface area contributed by atoms with Crippen molar-refractivity contribution in [1.29, 1.82) is 0 Å². The highest BCUT2D eigenvalue weighted by Crippen LogP contribution is 2.14. The minimum absolute atomic E-state index is 0.0324. The van der Waals surface area contributed by atoms with Crippen LogP contribution in [0.2, 0.25) is 0 Å². The Morgan fingerprint density at radius 2 is 2.15 bits per heavy atom. The molecule has 0 radical (unpaired) electrons. The van der Waals surface area contributed by atoms with Gasteiger partial charge in [-0.05, 0) is 13.0 Å². The van der Waals surface area contributed by atoms with E-state index in [1.807, 2.05) is 0 Å². The maximum Gasteiger partial charge on any atom is 0.336 e. The summed E-state index contributed by atoms with van der Waals surface area (Å²) in [5, 5.41) is 8.70. The van der Waals surface area contributed by atoms with Crippen LogP contribution in [-0.4, -0.2) is 21.8 Å². The molecule has 5 nitrogen and oxygen atoms in total. The van der Waals surface area contributed by atoms with Crippen LogP contribution in [0.4, 0.5) is 5.82 Å². The molecule has 0 fully saturated rings. The predicted octanol–water partition coefficient (Wildman–Crippen LogP) is 0.565. The van der Waals surface area contributed by atoms with Crippen LogP contribution in [0, 0.1) is 0 Å². The molecule has 0 aliphatic carbocycles. The van der Waals surface area contributed by atoms with Crippen molar-refractivity contribution in [2.75, 3.05) is 5.73 Å². The molecule has 5 heteroatoms. The van der Waals surface area contributed by atoms with Crippen LogP contribution >= 0.6 is 0 Å². The molecule has 13 heavy (non-hydrogen) atoms. The van der Waals surface area contributed by atoms with Gasteiger partial charge in [0.15, 0.2) is 5.78 Å². The van der Waals surface area contributed by atoms with E-state index in [0.29, 0.717) is 0 Å². The van der Waals surface area contributed by atoms with Gasteiger partial charge in [-0.1, -0.05) is 0 Å². The molecule has 0 aliphatic rings. The molecule has 1 rings (SSSR count). The highest BCUT2D eigenvalue weighted by atomic mass is 16.4. The maximum absolute atomic E-state index is 11.0. The Labute approximate surface area is 74.2 Å². The summed E-state index contributed by atoms with van der Waals surface area (Å²) in [4.78, 5) is 25.3. The van der Waals surface area contributed by atoms with Crippen LogP contribution in [0.3, 0.4) is 0 Å². The average molecular weight is 180 g/mol. The highest BCUT2D eigenvalue weighted by molar-refractivity contribution is 6.07. The smallest absolute Gasteiger partial charge is 0.336 e. The van der Waals surface area contributed by atoms with Gasteiger partial charge in [0.05, 0.1) is 11.1 Å². The summed E-state index contributed by atoms with van der Waals surface area (Å²) in [7, 11) is 0. The second-order valence-electron chi connectivity index (χ2n) is 2.48. The number of Topliss-reactive ketones (excluding diaryl/α,β-unsaturated/α-hetero) is 1. The lowest BCUT2D eigenvalue weighted by atomic mass is 10.1. The Morgan fingerprint density at radius 3 is 2.54 bits per heavy atom.